The zero-order chi connectivity index (χ0) is 25.7. The van der Waals surface area contributed by atoms with Crippen LogP contribution in [0.5, 0.6) is 5.75 Å². The highest BCUT2D eigenvalue weighted by molar-refractivity contribution is 6.11. The summed E-state index contributed by atoms with van der Waals surface area (Å²) in [7, 11) is 0. The maximum atomic E-state index is 14.3. The Kier molecular flexibility index (Phi) is 5.72. The van der Waals surface area contributed by atoms with Gasteiger partial charge >= 0.3 is 0 Å². The summed E-state index contributed by atoms with van der Waals surface area (Å²) >= 11 is 0. The van der Waals surface area contributed by atoms with E-state index in [1.54, 1.807) is 31.6 Å². The Bertz CT molecular complexity index is 1500. The summed E-state index contributed by atoms with van der Waals surface area (Å²) in [6.45, 7) is 3.20. The third kappa shape index (κ3) is 4.46. The Morgan fingerprint density at radius 2 is 1.86 bits per heavy atom. The van der Waals surface area contributed by atoms with Gasteiger partial charge in [0.15, 0.2) is 17.3 Å². The average Bonchev–Trinajstić information content (AvgIpc) is 3.67. The van der Waals surface area contributed by atoms with E-state index >= 15 is 0 Å². The van der Waals surface area contributed by atoms with Crippen molar-refractivity contribution in [2.75, 3.05) is 23.3 Å². The molecule has 1 aliphatic heterocycles. The van der Waals surface area contributed by atoms with Crippen molar-refractivity contribution in [3.63, 3.8) is 0 Å². The zero-order valence-electron chi connectivity index (χ0n) is 20.4. The molecule has 3 heterocycles. The second-order valence-electron chi connectivity index (χ2n) is 9.93. The summed E-state index contributed by atoms with van der Waals surface area (Å²) in [5.41, 5.74) is 10.3. The first kappa shape index (κ1) is 23.3. The number of fused-ring (bicyclic) bond motifs is 1. The fourth-order valence-electron chi connectivity index (χ4n) is 4.82. The van der Waals surface area contributed by atoms with Gasteiger partial charge in [0, 0.05) is 36.6 Å². The highest BCUT2D eigenvalue weighted by Gasteiger charge is 2.32. The van der Waals surface area contributed by atoms with Gasteiger partial charge in [-0.2, -0.15) is 0 Å². The Morgan fingerprint density at radius 1 is 1.08 bits per heavy atom. The first-order valence-electron chi connectivity index (χ1n) is 12.4. The van der Waals surface area contributed by atoms with Gasteiger partial charge in [0.1, 0.15) is 0 Å². The number of hydrogen-bond acceptors (Lipinski definition) is 8. The maximum Gasteiger partial charge on any atom is 0.225 e. The van der Waals surface area contributed by atoms with Crippen LogP contribution >= 0.6 is 0 Å². The molecule has 2 fully saturated rings. The molecule has 1 saturated heterocycles. The zero-order valence-corrected chi connectivity index (χ0v) is 20.4. The van der Waals surface area contributed by atoms with E-state index in [0.717, 1.165) is 43.3 Å². The van der Waals surface area contributed by atoms with Gasteiger partial charge in [0.05, 0.1) is 34.8 Å². The number of carbonyl (C=O) groups is 1. The first-order valence-corrected chi connectivity index (χ1v) is 12.4. The van der Waals surface area contributed by atoms with Gasteiger partial charge in [-0.25, -0.2) is 14.4 Å². The normalized spacial score (nSPS) is 17.4. The number of halogens is 1. The molecule has 2 aromatic heterocycles. The number of nitrogens with two attached hydrogens (primary N) is 1. The van der Waals surface area contributed by atoms with Crippen molar-refractivity contribution in [2.45, 2.75) is 32.2 Å². The minimum atomic E-state index is -0.680. The van der Waals surface area contributed by atoms with Crippen LogP contribution in [0.15, 0.2) is 48.9 Å². The minimum Gasteiger partial charge on any atom is -0.505 e. The molecule has 37 heavy (non-hydrogen) atoms. The smallest absolute Gasteiger partial charge is 0.225 e. The maximum absolute atomic E-state index is 14.3. The van der Waals surface area contributed by atoms with Crippen LogP contribution in [0.25, 0.3) is 22.0 Å². The lowest BCUT2D eigenvalue weighted by atomic mass is 9.98. The van der Waals surface area contributed by atoms with Crippen molar-refractivity contribution < 1.29 is 14.3 Å². The molecule has 188 valence electrons. The van der Waals surface area contributed by atoms with E-state index in [1.165, 1.54) is 6.07 Å². The number of benzene rings is 2. The number of phenolic OH excluding ortho intramolecular Hbond substituents is 1. The minimum absolute atomic E-state index is 0.00910. The van der Waals surface area contributed by atoms with Gasteiger partial charge in [0.25, 0.3) is 0 Å². The molecular formula is C28H27FN6O2. The Labute approximate surface area is 213 Å². The van der Waals surface area contributed by atoms with Crippen LogP contribution < -0.4 is 16.0 Å². The molecule has 1 atom stereocenters. The third-order valence-electron chi connectivity index (χ3n) is 7.08. The number of carbonyl (C=O) groups excluding carboxylic acids is 1. The second kappa shape index (κ2) is 9.08. The van der Waals surface area contributed by atoms with Gasteiger partial charge in [0.2, 0.25) is 5.95 Å². The molecule has 6 rings (SSSR count). The van der Waals surface area contributed by atoms with Crippen LogP contribution in [0, 0.1) is 18.7 Å². The molecule has 4 N–H and O–H groups in total. The number of aromatic hydroxyl groups is 1. The van der Waals surface area contributed by atoms with Crippen molar-refractivity contribution in [3.05, 3.63) is 65.9 Å². The molecule has 0 radical (unpaired) electrons. The summed E-state index contributed by atoms with van der Waals surface area (Å²) in [6.07, 6.45) is 7.68. The standard InChI is InChI=1S/C28H27FN6O2/c1-15-8-18(10-23(29)26(15)36)17-4-5-24-21(9-17)25(22(13-31-24)27(37)16-2-3-16)34-20-11-32-28(33-12-20)35-7-6-19(30)14-35/h4-5,8-13,16,19,36H,2-3,6-7,14,30H2,1H3,(H,31,34). The number of Topliss-reactive ketones (excluding diaryl/α,β-unsaturated/α-hetero) is 1. The molecule has 0 spiro atoms. The fraction of sp³-hybridized carbons (Fsp3) is 0.286. The van der Waals surface area contributed by atoms with E-state index in [0.29, 0.717) is 39.5 Å². The Balaban J connectivity index is 1.42. The molecule has 4 aromatic rings. The van der Waals surface area contributed by atoms with Gasteiger partial charge in [-0.1, -0.05) is 6.07 Å². The topological polar surface area (TPSA) is 117 Å². The molecule has 1 aliphatic carbocycles. The lowest BCUT2D eigenvalue weighted by molar-refractivity contribution is 0.0968. The van der Waals surface area contributed by atoms with E-state index in [1.807, 2.05) is 18.2 Å². The number of phenols is 1. The fourth-order valence-corrected chi connectivity index (χ4v) is 4.82. The van der Waals surface area contributed by atoms with Crippen molar-refractivity contribution in [1.82, 2.24) is 15.0 Å². The van der Waals surface area contributed by atoms with Crippen LogP contribution in [0.2, 0.25) is 0 Å². The van der Waals surface area contributed by atoms with Crippen molar-refractivity contribution in [3.8, 4) is 16.9 Å². The van der Waals surface area contributed by atoms with Gasteiger partial charge in [-0.05, 0) is 67.1 Å². The monoisotopic (exact) mass is 498 g/mol. The van der Waals surface area contributed by atoms with Crippen molar-refractivity contribution in [1.29, 1.82) is 0 Å². The van der Waals surface area contributed by atoms with Gasteiger partial charge in [-0.3, -0.25) is 9.78 Å². The third-order valence-corrected chi connectivity index (χ3v) is 7.08. The number of nitrogens with zero attached hydrogens (tertiary/aromatic N) is 4. The van der Waals surface area contributed by atoms with Crippen molar-refractivity contribution >= 4 is 34.0 Å². The molecule has 1 unspecified atom stereocenters. The predicted octanol–water partition coefficient (Wildman–Crippen LogP) is 4.72. The Morgan fingerprint density at radius 3 is 2.54 bits per heavy atom. The predicted molar refractivity (Wildman–Crippen MR) is 141 cm³/mol. The lowest BCUT2D eigenvalue weighted by Crippen LogP contribution is -2.27. The van der Waals surface area contributed by atoms with Crippen LogP contribution in [0.1, 0.15) is 35.2 Å². The second-order valence-corrected chi connectivity index (χ2v) is 9.93. The molecule has 0 amide bonds. The summed E-state index contributed by atoms with van der Waals surface area (Å²) in [5, 5.41) is 14.0. The van der Waals surface area contributed by atoms with Crippen LogP contribution in [-0.4, -0.2) is 45.0 Å². The number of rotatable bonds is 6. The first-order chi connectivity index (χ1) is 17.9. The number of nitrogens with one attached hydrogen (secondary N) is 1. The lowest BCUT2D eigenvalue weighted by Gasteiger charge is -2.17. The SMILES string of the molecule is Cc1cc(-c2ccc3ncc(C(=O)C4CC4)c(Nc4cnc(N5CCC(N)C5)nc4)c3c2)cc(F)c1O. The number of ketones is 1. The molecular weight excluding hydrogens is 471 g/mol. The highest BCUT2D eigenvalue weighted by atomic mass is 19.1. The molecule has 9 heteroatoms. The van der Waals surface area contributed by atoms with Gasteiger partial charge in [-0.15, -0.1) is 0 Å². The van der Waals surface area contributed by atoms with Gasteiger partial charge < -0.3 is 21.1 Å². The molecule has 1 saturated carbocycles. The van der Waals surface area contributed by atoms with E-state index in [4.69, 9.17) is 5.73 Å². The summed E-state index contributed by atoms with van der Waals surface area (Å²) < 4.78 is 14.3. The summed E-state index contributed by atoms with van der Waals surface area (Å²) in [6, 6.07) is 8.75. The largest absolute Gasteiger partial charge is 0.505 e. The van der Waals surface area contributed by atoms with Crippen LogP contribution in [0.4, 0.5) is 21.7 Å². The molecule has 0 bridgehead atoms. The molecule has 2 aliphatic rings. The summed E-state index contributed by atoms with van der Waals surface area (Å²) in [5.74, 6) is -0.350. The number of aromatic nitrogens is 3. The van der Waals surface area contributed by atoms with E-state index in [-0.39, 0.29) is 23.5 Å². The van der Waals surface area contributed by atoms with Crippen LogP contribution in [-0.2, 0) is 0 Å². The van der Waals surface area contributed by atoms with Crippen LogP contribution in [0.3, 0.4) is 0 Å². The number of hydrogen-bond donors (Lipinski definition) is 3. The highest BCUT2D eigenvalue weighted by Crippen LogP contribution is 2.39. The molecule has 8 nitrogen and oxygen atoms in total. The molecule has 2 aromatic carbocycles. The van der Waals surface area contributed by atoms with E-state index < -0.39 is 5.82 Å². The number of anilines is 3. The number of pyridine rings is 1. The number of aryl methyl sites for hydroxylation is 1. The van der Waals surface area contributed by atoms with E-state index in [2.05, 4.69) is 25.2 Å². The van der Waals surface area contributed by atoms with E-state index in [9.17, 15) is 14.3 Å². The average molecular weight is 499 g/mol. The quantitative estimate of drug-likeness (QED) is 0.327. The van der Waals surface area contributed by atoms with Crippen molar-refractivity contribution in [2.24, 2.45) is 11.7 Å². The summed E-state index contributed by atoms with van der Waals surface area (Å²) in [4.78, 5) is 28.8. The Hall–Kier alpha value is -4.11.